The molecule has 1 aliphatic rings. The van der Waals surface area contributed by atoms with Gasteiger partial charge in [0.15, 0.2) is 0 Å². The van der Waals surface area contributed by atoms with Crippen LogP contribution in [0.4, 0.5) is 0 Å². The Balaban J connectivity index is 2.63. The fourth-order valence-electron chi connectivity index (χ4n) is 2.30. The molecule has 0 aromatic carbocycles. The second-order valence-corrected chi connectivity index (χ2v) is 7.81. The molecule has 7 heteroatoms. The lowest BCUT2D eigenvalue weighted by Gasteiger charge is -2.25. The van der Waals surface area contributed by atoms with E-state index in [9.17, 15) is 18.0 Å². The van der Waals surface area contributed by atoms with Crippen LogP contribution in [0.2, 0.25) is 0 Å². The number of carbonyl (C=O) groups is 2. The molecule has 1 amide bonds. The number of carboxylic acids is 1. The lowest BCUT2D eigenvalue weighted by atomic mass is 9.87. The van der Waals surface area contributed by atoms with Crippen molar-refractivity contribution < 1.29 is 23.1 Å². The van der Waals surface area contributed by atoms with E-state index < -0.39 is 27.3 Å². The quantitative estimate of drug-likeness (QED) is 0.745. The third-order valence-corrected chi connectivity index (χ3v) is 4.61. The summed E-state index contributed by atoms with van der Waals surface area (Å²) in [5.74, 6) is -1.73. The van der Waals surface area contributed by atoms with Crippen molar-refractivity contribution >= 4 is 21.7 Å². The number of hydrogen-bond acceptors (Lipinski definition) is 4. The molecule has 1 fully saturated rings. The van der Waals surface area contributed by atoms with Crippen LogP contribution >= 0.6 is 0 Å². The molecule has 1 rings (SSSR count). The Kier molecular flexibility index (Phi) is 4.95. The summed E-state index contributed by atoms with van der Waals surface area (Å²) in [5.41, 5.74) is -0.515. The van der Waals surface area contributed by atoms with Gasteiger partial charge in [-0.05, 0) is 19.3 Å². The monoisotopic (exact) mass is 291 g/mol. The number of sulfone groups is 1. The van der Waals surface area contributed by atoms with Gasteiger partial charge >= 0.3 is 5.97 Å². The molecule has 110 valence electrons. The topological polar surface area (TPSA) is 101 Å². The summed E-state index contributed by atoms with van der Waals surface area (Å²) in [5, 5.41) is 11.5. The van der Waals surface area contributed by atoms with Gasteiger partial charge in [0.05, 0.1) is 5.75 Å². The maximum Gasteiger partial charge on any atom is 0.326 e. The average Bonchev–Trinajstić information content (AvgIpc) is 2.70. The van der Waals surface area contributed by atoms with Crippen molar-refractivity contribution in [2.24, 2.45) is 5.41 Å². The standard InChI is InChI=1S/C12H21NO5S/c1-12(6-3-4-7-12)11(16)13-9(10(14)15)5-8-19(2,17)18/h9H,3-8H2,1-2H3,(H,13,16)(H,14,15). The van der Waals surface area contributed by atoms with Crippen LogP contribution in [0.5, 0.6) is 0 Å². The van der Waals surface area contributed by atoms with Crippen LogP contribution in [-0.4, -0.2) is 43.5 Å². The number of hydrogen-bond donors (Lipinski definition) is 2. The maximum atomic E-state index is 12.1. The molecule has 0 radical (unpaired) electrons. The van der Waals surface area contributed by atoms with E-state index >= 15 is 0 Å². The summed E-state index contributed by atoms with van der Waals surface area (Å²) < 4.78 is 22.1. The zero-order chi connectivity index (χ0) is 14.7. The largest absolute Gasteiger partial charge is 0.480 e. The minimum atomic E-state index is -3.24. The highest BCUT2D eigenvalue weighted by atomic mass is 32.2. The summed E-state index contributed by atoms with van der Waals surface area (Å²) in [6.07, 6.45) is 4.37. The molecule has 2 N–H and O–H groups in total. The summed E-state index contributed by atoms with van der Waals surface area (Å²) in [6, 6.07) is -1.14. The normalized spacial score (nSPS) is 19.9. The zero-order valence-corrected chi connectivity index (χ0v) is 12.1. The van der Waals surface area contributed by atoms with Gasteiger partial charge in [-0.15, -0.1) is 0 Å². The lowest BCUT2D eigenvalue weighted by Crippen LogP contribution is -2.47. The number of carbonyl (C=O) groups excluding carboxylic acids is 1. The first-order chi connectivity index (χ1) is 8.64. The average molecular weight is 291 g/mol. The Morgan fingerprint density at radius 3 is 2.26 bits per heavy atom. The number of amides is 1. The first kappa shape index (κ1) is 15.9. The van der Waals surface area contributed by atoms with Crippen molar-refractivity contribution in [3.05, 3.63) is 0 Å². The highest BCUT2D eigenvalue weighted by Crippen LogP contribution is 2.37. The van der Waals surface area contributed by atoms with Crippen molar-refractivity contribution in [2.45, 2.75) is 45.1 Å². The fraction of sp³-hybridized carbons (Fsp3) is 0.833. The summed E-state index contributed by atoms with van der Waals surface area (Å²) in [4.78, 5) is 23.1. The Morgan fingerprint density at radius 1 is 1.32 bits per heavy atom. The molecule has 0 aromatic heterocycles. The first-order valence-corrected chi connectivity index (χ1v) is 8.42. The van der Waals surface area contributed by atoms with E-state index in [4.69, 9.17) is 5.11 Å². The third-order valence-electron chi connectivity index (χ3n) is 3.64. The molecule has 6 nitrogen and oxygen atoms in total. The Hall–Kier alpha value is -1.11. The van der Waals surface area contributed by atoms with E-state index in [1.54, 1.807) is 0 Å². The van der Waals surface area contributed by atoms with Crippen LogP contribution in [0.15, 0.2) is 0 Å². The van der Waals surface area contributed by atoms with Crippen LogP contribution in [0, 0.1) is 5.41 Å². The zero-order valence-electron chi connectivity index (χ0n) is 11.3. The van der Waals surface area contributed by atoms with Crippen molar-refractivity contribution in [3.8, 4) is 0 Å². The van der Waals surface area contributed by atoms with E-state index in [1.165, 1.54) is 0 Å². The number of carboxylic acid groups (broad SMARTS) is 1. The maximum absolute atomic E-state index is 12.1. The summed E-state index contributed by atoms with van der Waals surface area (Å²) in [6.45, 7) is 1.82. The molecule has 1 aliphatic carbocycles. The second kappa shape index (κ2) is 5.90. The highest BCUT2D eigenvalue weighted by Gasteiger charge is 2.38. The molecule has 0 aromatic rings. The molecular weight excluding hydrogens is 270 g/mol. The van der Waals surface area contributed by atoms with Crippen LogP contribution in [0.3, 0.4) is 0 Å². The molecule has 19 heavy (non-hydrogen) atoms. The number of nitrogens with one attached hydrogen (secondary N) is 1. The predicted octanol–water partition coefficient (Wildman–Crippen LogP) is 0.571. The molecule has 0 aliphatic heterocycles. The van der Waals surface area contributed by atoms with Crippen LogP contribution in [0.25, 0.3) is 0 Å². The SMILES string of the molecule is CC1(C(=O)NC(CCS(C)(=O)=O)C(=O)O)CCCC1. The Labute approximate surface area is 113 Å². The number of rotatable bonds is 6. The smallest absolute Gasteiger partial charge is 0.326 e. The minimum Gasteiger partial charge on any atom is -0.480 e. The van der Waals surface area contributed by atoms with Gasteiger partial charge in [-0.1, -0.05) is 19.8 Å². The third kappa shape index (κ3) is 4.81. The van der Waals surface area contributed by atoms with Crippen molar-refractivity contribution in [1.82, 2.24) is 5.32 Å². The van der Waals surface area contributed by atoms with E-state index in [0.717, 1.165) is 31.9 Å². The van der Waals surface area contributed by atoms with E-state index in [2.05, 4.69) is 5.32 Å². The van der Waals surface area contributed by atoms with Crippen LogP contribution < -0.4 is 5.32 Å². The summed E-state index contributed by atoms with van der Waals surface area (Å²) >= 11 is 0. The summed E-state index contributed by atoms with van der Waals surface area (Å²) in [7, 11) is -3.24. The highest BCUT2D eigenvalue weighted by molar-refractivity contribution is 7.90. The molecular formula is C12H21NO5S. The fourth-order valence-corrected chi connectivity index (χ4v) is 2.97. The lowest BCUT2D eigenvalue weighted by molar-refractivity contribution is -0.143. The van der Waals surface area contributed by atoms with Gasteiger partial charge in [0.25, 0.3) is 0 Å². The minimum absolute atomic E-state index is 0.101. The van der Waals surface area contributed by atoms with Gasteiger partial charge in [0, 0.05) is 11.7 Å². The second-order valence-electron chi connectivity index (χ2n) is 5.55. The van der Waals surface area contributed by atoms with E-state index in [-0.39, 0.29) is 18.1 Å². The number of aliphatic carboxylic acids is 1. The van der Waals surface area contributed by atoms with E-state index in [1.807, 2.05) is 6.92 Å². The van der Waals surface area contributed by atoms with Crippen LogP contribution in [0.1, 0.15) is 39.0 Å². The predicted molar refractivity (Wildman–Crippen MR) is 70.5 cm³/mol. The van der Waals surface area contributed by atoms with Crippen LogP contribution in [-0.2, 0) is 19.4 Å². The van der Waals surface area contributed by atoms with Gasteiger partial charge in [-0.25, -0.2) is 13.2 Å². The van der Waals surface area contributed by atoms with Gasteiger partial charge in [0.1, 0.15) is 15.9 Å². The van der Waals surface area contributed by atoms with Crippen molar-refractivity contribution in [1.29, 1.82) is 0 Å². The first-order valence-electron chi connectivity index (χ1n) is 6.35. The molecule has 0 bridgehead atoms. The van der Waals surface area contributed by atoms with Gasteiger partial charge in [0.2, 0.25) is 5.91 Å². The van der Waals surface area contributed by atoms with Gasteiger partial charge in [-0.2, -0.15) is 0 Å². The molecule has 1 saturated carbocycles. The Bertz CT molecular complexity index is 451. The molecule has 0 saturated heterocycles. The van der Waals surface area contributed by atoms with Gasteiger partial charge in [-0.3, -0.25) is 4.79 Å². The molecule has 1 atom stereocenters. The van der Waals surface area contributed by atoms with Crippen molar-refractivity contribution in [3.63, 3.8) is 0 Å². The van der Waals surface area contributed by atoms with Crippen molar-refractivity contribution in [2.75, 3.05) is 12.0 Å². The molecule has 0 spiro atoms. The van der Waals surface area contributed by atoms with Gasteiger partial charge < -0.3 is 10.4 Å². The molecule has 0 heterocycles. The Morgan fingerprint density at radius 2 is 1.84 bits per heavy atom. The molecule has 1 unspecified atom stereocenters. The van der Waals surface area contributed by atoms with E-state index in [0.29, 0.717) is 0 Å².